The highest BCUT2D eigenvalue weighted by Gasteiger charge is 2.38. The standard InChI is InChI=1S/C15H18N2O3/c18-14(10-5-7-16-8-6-10)17-9-12(15(19)20)11-3-1-2-4-13(11)17/h1-4,10,12,16H,5-9H2,(H,19,20). The Kier molecular flexibility index (Phi) is 3.44. The van der Waals surface area contributed by atoms with Gasteiger partial charge in [-0.15, -0.1) is 0 Å². The van der Waals surface area contributed by atoms with Gasteiger partial charge in [-0.1, -0.05) is 18.2 Å². The second-order valence-corrected chi connectivity index (χ2v) is 5.42. The number of hydrogen-bond donors (Lipinski definition) is 2. The molecule has 1 amide bonds. The fourth-order valence-corrected chi connectivity index (χ4v) is 3.12. The van der Waals surface area contributed by atoms with Crippen LogP contribution in [0.25, 0.3) is 0 Å². The Morgan fingerprint density at radius 1 is 1.20 bits per heavy atom. The number of piperidine rings is 1. The minimum absolute atomic E-state index is 0.0110. The van der Waals surface area contributed by atoms with E-state index in [1.807, 2.05) is 24.3 Å². The first-order chi connectivity index (χ1) is 9.68. The number of benzene rings is 1. The summed E-state index contributed by atoms with van der Waals surface area (Å²) in [7, 11) is 0. The first kappa shape index (κ1) is 13.1. The number of anilines is 1. The lowest BCUT2D eigenvalue weighted by Crippen LogP contribution is -2.41. The maximum Gasteiger partial charge on any atom is 0.312 e. The van der Waals surface area contributed by atoms with E-state index in [0.717, 1.165) is 37.2 Å². The highest BCUT2D eigenvalue weighted by Crippen LogP contribution is 2.37. The third kappa shape index (κ3) is 2.18. The number of carbonyl (C=O) groups excluding carboxylic acids is 1. The maximum atomic E-state index is 12.6. The summed E-state index contributed by atoms with van der Waals surface area (Å²) in [6.45, 7) is 1.97. The molecule has 1 saturated heterocycles. The van der Waals surface area contributed by atoms with Gasteiger partial charge in [-0.05, 0) is 37.6 Å². The fourth-order valence-electron chi connectivity index (χ4n) is 3.12. The number of aliphatic carboxylic acids is 1. The second-order valence-electron chi connectivity index (χ2n) is 5.42. The van der Waals surface area contributed by atoms with E-state index in [2.05, 4.69) is 5.32 Å². The number of nitrogens with zero attached hydrogens (tertiary/aromatic N) is 1. The van der Waals surface area contributed by atoms with Gasteiger partial charge in [0.25, 0.3) is 0 Å². The summed E-state index contributed by atoms with van der Waals surface area (Å²) in [4.78, 5) is 25.7. The fraction of sp³-hybridized carbons (Fsp3) is 0.467. The first-order valence-corrected chi connectivity index (χ1v) is 7.02. The number of carbonyl (C=O) groups is 2. The van der Waals surface area contributed by atoms with E-state index >= 15 is 0 Å². The Balaban J connectivity index is 1.87. The molecule has 0 bridgehead atoms. The number of amides is 1. The molecule has 0 spiro atoms. The van der Waals surface area contributed by atoms with Crippen LogP contribution in [0, 0.1) is 5.92 Å². The molecule has 20 heavy (non-hydrogen) atoms. The van der Waals surface area contributed by atoms with Gasteiger partial charge in [-0.2, -0.15) is 0 Å². The molecule has 1 atom stereocenters. The van der Waals surface area contributed by atoms with Crippen LogP contribution in [0.15, 0.2) is 24.3 Å². The molecular formula is C15H18N2O3. The Labute approximate surface area is 117 Å². The zero-order valence-corrected chi connectivity index (χ0v) is 11.2. The molecule has 0 aliphatic carbocycles. The van der Waals surface area contributed by atoms with Crippen molar-refractivity contribution in [1.29, 1.82) is 0 Å². The minimum atomic E-state index is -0.863. The highest BCUT2D eigenvalue weighted by atomic mass is 16.4. The zero-order valence-electron chi connectivity index (χ0n) is 11.2. The molecule has 2 aliphatic heterocycles. The lowest BCUT2D eigenvalue weighted by molar-refractivity contribution is -0.138. The average Bonchev–Trinajstić information content (AvgIpc) is 2.87. The third-order valence-corrected chi connectivity index (χ3v) is 4.22. The predicted octanol–water partition coefficient (Wildman–Crippen LogP) is 1.20. The number of carboxylic acid groups (broad SMARTS) is 1. The second kappa shape index (κ2) is 5.25. The number of para-hydroxylation sites is 1. The normalized spacial score (nSPS) is 22.6. The van der Waals surface area contributed by atoms with E-state index in [4.69, 9.17) is 0 Å². The van der Waals surface area contributed by atoms with Crippen molar-refractivity contribution in [2.45, 2.75) is 18.8 Å². The maximum absolute atomic E-state index is 12.6. The summed E-state index contributed by atoms with van der Waals surface area (Å²) >= 11 is 0. The van der Waals surface area contributed by atoms with Crippen LogP contribution in [0.2, 0.25) is 0 Å². The highest BCUT2D eigenvalue weighted by molar-refractivity contribution is 6.00. The molecule has 2 aliphatic rings. The van der Waals surface area contributed by atoms with Crippen molar-refractivity contribution < 1.29 is 14.7 Å². The van der Waals surface area contributed by atoms with Crippen molar-refractivity contribution in [3.63, 3.8) is 0 Å². The van der Waals surface area contributed by atoms with Crippen LogP contribution in [0.1, 0.15) is 24.3 Å². The summed E-state index contributed by atoms with van der Waals surface area (Å²) in [5.41, 5.74) is 1.52. The van der Waals surface area contributed by atoms with Gasteiger partial charge in [-0.3, -0.25) is 9.59 Å². The third-order valence-electron chi connectivity index (χ3n) is 4.22. The number of rotatable bonds is 2. The molecule has 1 unspecified atom stereocenters. The Bertz CT molecular complexity index is 538. The molecule has 0 saturated carbocycles. The zero-order chi connectivity index (χ0) is 14.1. The van der Waals surface area contributed by atoms with Crippen LogP contribution < -0.4 is 10.2 Å². The molecule has 3 rings (SSSR count). The van der Waals surface area contributed by atoms with Crippen molar-refractivity contribution in [3.05, 3.63) is 29.8 Å². The molecule has 5 heteroatoms. The van der Waals surface area contributed by atoms with Crippen LogP contribution in [-0.4, -0.2) is 36.6 Å². The number of fused-ring (bicyclic) bond motifs is 1. The number of nitrogens with one attached hydrogen (secondary N) is 1. The van der Waals surface area contributed by atoms with Gasteiger partial charge >= 0.3 is 5.97 Å². The molecular weight excluding hydrogens is 256 g/mol. The molecule has 1 fully saturated rings. The van der Waals surface area contributed by atoms with Crippen molar-refractivity contribution in [3.8, 4) is 0 Å². The van der Waals surface area contributed by atoms with Crippen LogP contribution in [-0.2, 0) is 9.59 Å². The van der Waals surface area contributed by atoms with Gasteiger partial charge in [-0.25, -0.2) is 0 Å². The van der Waals surface area contributed by atoms with E-state index in [9.17, 15) is 14.7 Å². The van der Waals surface area contributed by atoms with Crippen molar-refractivity contribution >= 4 is 17.6 Å². The molecule has 1 aromatic rings. The van der Waals surface area contributed by atoms with E-state index in [1.165, 1.54) is 0 Å². The van der Waals surface area contributed by atoms with Crippen molar-refractivity contribution in [2.75, 3.05) is 24.5 Å². The predicted molar refractivity (Wildman–Crippen MR) is 74.8 cm³/mol. The van der Waals surface area contributed by atoms with Crippen LogP contribution in [0.5, 0.6) is 0 Å². The SMILES string of the molecule is O=C(O)C1CN(C(=O)C2CCNCC2)c2ccccc21. The molecule has 5 nitrogen and oxygen atoms in total. The van der Waals surface area contributed by atoms with Gasteiger partial charge < -0.3 is 15.3 Å². The van der Waals surface area contributed by atoms with Crippen LogP contribution >= 0.6 is 0 Å². The van der Waals surface area contributed by atoms with Crippen LogP contribution in [0.4, 0.5) is 5.69 Å². The lowest BCUT2D eigenvalue weighted by Gasteiger charge is -2.27. The summed E-state index contributed by atoms with van der Waals surface area (Å²) in [5.74, 6) is -1.38. The first-order valence-electron chi connectivity index (χ1n) is 7.02. The van der Waals surface area contributed by atoms with Gasteiger partial charge in [0.1, 0.15) is 5.92 Å². The summed E-state index contributed by atoms with van der Waals surface area (Å²) in [5, 5.41) is 12.6. The smallest absolute Gasteiger partial charge is 0.312 e. The Morgan fingerprint density at radius 2 is 1.90 bits per heavy atom. The topological polar surface area (TPSA) is 69.6 Å². The molecule has 2 N–H and O–H groups in total. The molecule has 0 radical (unpaired) electrons. The molecule has 1 aromatic carbocycles. The Hall–Kier alpha value is -1.88. The van der Waals surface area contributed by atoms with Crippen molar-refractivity contribution in [2.24, 2.45) is 5.92 Å². The summed E-state index contributed by atoms with van der Waals surface area (Å²) < 4.78 is 0. The minimum Gasteiger partial charge on any atom is -0.481 e. The molecule has 106 valence electrons. The number of carboxylic acids is 1. The monoisotopic (exact) mass is 274 g/mol. The molecule has 0 aromatic heterocycles. The summed E-state index contributed by atoms with van der Waals surface area (Å²) in [6, 6.07) is 7.33. The van der Waals surface area contributed by atoms with Gasteiger partial charge in [0.15, 0.2) is 0 Å². The van der Waals surface area contributed by atoms with Gasteiger partial charge in [0.2, 0.25) is 5.91 Å². The molecule has 2 heterocycles. The largest absolute Gasteiger partial charge is 0.481 e. The van der Waals surface area contributed by atoms with E-state index in [-0.39, 0.29) is 18.4 Å². The van der Waals surface area contributed by atoms with Gasteiger partial charge in [0, 0.05) is 18.2 Å². The quantitative estimate of drug-likeness (QED) is 0.850. The van der Waals surface area contributed by atoms with Crippen LogP contribution in [0.3, 0.4) is 0 Å². The van der Waals surface area contributed by atoms with Gasteiger partial charge in [0.05, 0.1) is 0 Å². The van der Waals surface area contributed by atoms with E-state index in [0.29, 0.717) is 0 Å². The number of hydrogen-bond acceptors (Lipinski definition) is 3. The Morgan fingerprint density at radius 3 is 2.60 bits per heavy atom. The average molecular weight is 274 g/mol. The van der Waals surface area contributed by atoms with Crippen molar-refractivity contribution in [1.82, 2.24) is 5.32 Å². The van der Waals surface area contributed by atoms with E-state index < -0.39 is 11.9 Å². The van der Waals surface area contributed by atoms with E-state index in [1.54, 1.807) is 4.90 Å². The summed E-state index contributed by atoms with van der Waals surface area (Å²) in [6.07, 6.45) is 1.66. The lowest BCUT2D eigenvalue weighted by atomic mass is 9.96.